The number of rotatable bonds is 1. The molecule has 3 rings (SSSR count). The number of hydrogen-bond donors (Lipinski definition) is 0. The van der Waals surface area contributed by atoms with E-state index in [4.69, 9.17) is 0 Å². The molecular formula is C17H20BrN. The molecule has 1 nitrogen and oxygen atoms in total. The third-order valence-corrected chi connectivity index (χ3v) is 4.75. The summed E-state index contributed by atoms with van der Waals surface area (Å²) in [6, 6.07) is 13.2. The van der Waals surface area contributed by atoms with Gasteiger partial charge >= 0.3 is 0 Å². The van der Waals surface area contributed by atoms with E-state index < -0.39 is 0 Å². The van der Waals surface area contributed by atoms with Crippen LogP contribution in [0.1, 0.15) is 20.8 Å². The standard InChI is InChI=1S/C17H20BrN/c1-17(2,3)14-10-19(11-14)16-7-5-12-8-15(18)6-4-13(12)9-16/h4-9,14H,10-11H2,1-3H3. The maximum atomic E-state index is 3.52. The van der Waals surface area contributed by atoms with Crippen LogP contribution in [0.5, 0.6) is 0 Å². The lowest BCUT2D eigenvalue weighted by molar-refractivity contribution is 0.195. The van der Waals surface area contributed by atoms with Crippen LogP contribution in [0.3, 0.4) is 0 Å². The highest BCUT2D eigenvalue weighted by Gasteiger charge is 2.35. The van der Waals surface area contributed by atoms with Gasteiger partial charge in [0, 0.05) is 23.2 Å². The zero-order valence-electron chi connectivity index (χ0n) is 11.8. The monoisotopic (exact) mass is 317 g/mol. The molecular weight excluding hydrogens is 298 g/mol. The van der Waals surface area contributed by atoms with E-state index in [0.29, 0.717) is 5.41 Å². The number of hydrogen-bond acceptors (Lipinski definition) is 1. The van der Waals surface area contributed by atoms with Gasteiger partial charge in [0.1, 0.15) is 0 Å². The van der Waals surface area contributed by atoms with Crippen molar-refractivity contribution in [3.63, 3.8) is 0 Å². The van der Waals surface area contributed by atoms with Crippen LogP contribution >= 0.6 is 15.9 Å². The van der Waals surface area contributed by atoms with Gasteiger partial charge in [-0.25, -0.2) is 0 Å². The number of anilines is 1. The summed E-state index contributed by atoms with van der Waals surface area (Å²) in [5.41, 5.74) is 1.79. The summed E-state index contributed by atoms with van der Waals surface area (Å²) < 4.78 is 1.14. The van der Waals surface area contributed by atoms with E-state index in [0.717, 1.165) is 10.4 Å². The Bertz CT molecular complexity index is 606. The zero-order valence-corrected chi connectivity index (χ0v) is 13.4. The molecule has 0 aromatic heterocycles. The zero-order chi connectivity index (χ0) is 13.6. The van der Waals surface area contributed by atoms with Crippen molar-refractivity contribution in [1.82, 2.24) is 0 Å². The van der Waals surface area contributed by atoms with Gasteiger partial charge in [0.2, 0.25) is 0 Å². The second-order valence-electron chi connectivity index (χ2n) is 6.64. The highest BCUT2D eigenvalue weighted by molar-refractivity contribution is 9.10. The molecule has 0 saturated carbocycles. The van der Waals surface area contributed by atoms with Crippen molar-refractivity contribution in [3.05, 3.63) is 40.9 Å². The number of benzene rings is 2. The largest absolute Gasteiger partial charge is 0.371 e. The third kappa shape index (κ3) is 2.51. The molecule has 1 saturated heterocycles. The molecule has 2 heteroatoms. The van der Waals surface area contributed by atoms with Crippen molar-refractivity contribution in [2.75, 3.05) is 18.0 Å². The molecule has 0 atom stereocenters. The van der Waals surface area contributed by atoms with Gasteiger partial charge < -0.3 is 4.90 Å². The average molecular weight is 318 g/mol. The number of halogens is 1. The molecule has 2 aromatic carbocycles. The smallest absolute Gasteiger partial charge is 0.0372 e. The van der Waals surface area contributed by atoms with Gasteiger partial charge in [-0.05, 0) is 46.4 Å². The summed E-state index contributed by atoms with van der Waals surface area (Å²) in [6.07, 6.45) is 0. The van der Waals surface area contributed by atoms with Crippen LogP contribution in [0.25, 0.3) is 10.8 Å². The van der Waals surface area contributed by atoms with E-state index in [1.54, 1.807) is 0 Å². The van der Waals surface area contributed by atoms with Crippen molar-refractivity contribution in [2.24, 2.45) is 11.3 Å². The lowest BCUT2D eigenvalue weighted by Gasteiger charge is -2.47. The molecule has 0 unspecified atom stereocenters. The first-order chi connectivity index (χ1) is 8.93. The maximum absolute atomic E-state index is 3.52. The minimum Gasteiger partial charge on any atom is -0.371 e. The molecule has 0 N–H and O–H groups in total. The summed E-state index contributed by atoms with van der Waals surface area (Å²) in [6.45, 7) is 9.39. The Balaban J connectivity index is 1.82. The first kappa shape index (κ1) is 13.0. The topological polar surface area (TPSA) is 3.24 Å². The molecule has 19 heavy (non-hydrogen) atoms. The molecule has 1 aliphatic heterocycles. The maximum Gasteiger partial charge on any atom is 0.0372 e. The van der Waals surface area contributed by atoms with Crippen molar-refractivity contribution in [1.29, 1.82) is 0 Å². The van der Waals surface area contributed by atoms with Crippen LogP contribution in [0.15, 0.2) is 40.9 Å². The summed E-state index contributed by atoms with van der Waals surface area (Å²) in [5.74, 6) is 0.813. The second kappa shape index (κ2) is 4.52. The fourth-order valence-electron chi connectivity index (χ4n) is 2.64. The Labute approximate surface area is 123 Å². The van der Waals surface area contributed by atoms with Gasteiger partial charge in [-0.1, -0.05) is 48.8 Å². The van der Waals surface area contributed by atoms with Gasteiger partial charge in [0.25, 0.3) is 0 Å². The van der Waals surface area contributed by atoms with Crippen LogP contribution in [-0.4, -0.2) is 13.1 Å². The molecule has 1 fully saturated rings. The number of nitrogens with zero attached hydrogens (tertiary/aromatic N) is 1. The second-order valence-corrected chi connectivity index (χ2v) is 7.56. The Morgan fingerprint density at radius 2 is 1.63 bits per heavy atom. The first-order valence-corrected chi connectivity index (χ1v) is 7.67. The van der Waals surface area contributed by atoms with Crippen molar-refractivity contribution in [2.45, 2.75) is 20.8 Å². The molecule has 1 aliphatic rings. The predicted octanol–water partition coefficient (Wildman–Crippen LogP) is 5.08. The predicted molar refractivity (Wildman–Crippen MR) is 86.8 cm³/mol. The molecule has 0 amide bonds. The summed E-state index contributed by atoms with van der Waals surface area (Å²) >= 11 is 3.52. The summed E-state index contributed by atoms with van der Waals surface area (Å²) in [7, 11) is 0. The van der Waals surface area contributed by atoms with E-state index >= 15 is 0 Å². The van der Waals surface area contributed by atoms with Crippen LogP contribution in [-0.2, 0) is 0 Å². The minimum absolute atomic E-state index is 0.429. The Kier molecular flexibility index (Phi) is 3.09. The molecule has 2 aromatic rings. The van der Waals surface area contributed by atoms with E-state index in [9.17, 15) is 0 Å². The Morgan fingerprint density at radius 3 is 2.32 bits per heavy atom. The van der Waals surface area contributed by atoms with E-state index in [1.165, 1.54) is 29.5 Å². The van der Waals surface area contributed by atoms with E-state index in [-0.39, 0.29) is 0 Å². The summed E-state index contributed by atoms with van der Waals surface area (Å²) in [4.78, 5) is 2.48. The van der Waals surface area contributed by atoms with Crippen molar-refractivity contribution in [3.8, 4) is 0 Å². The van der Waals surface area contributed by atoms with Crippen LogP contribution in [0.4, 0.5) is 5.69 Å². The van der Waals surface area contributed by atoms with Gasteiger partial charge in [-0.15, -0.1) is 0 Å². The van der Waals surface area contributed by atoms with Gasteiger partial charge in [0.15, 0.2) is 0 Å². The van der Waals surface area contributed by atoms with E-state index in [2.05, 4.69) is 78.0 Å². The fourth-order valence-corrected chi connectivity index (χ4v) is 3.02. The van der Waals surface area contributed by atoms with Crippen LogP contribution < -0.4 is 4.90 Å². The molecule has 100 valence electrons. The highest BCUT2D eigenvalue weighted by atomic mass is 79.9. The van der Waals surface area contributed by atoms with Gasteiger partial charge in [-0.3, -0.25) is 0 Å². The van der Waals surface area contributed by atoms with Crippen molar-refractivity contribution < 1.29 is 0 Å². The molecule has 1 heterocycles. The molecule has 0 spiro atoms. The third-order valence-electron chi connectivity index (χ3n) is 4.26. The molecule has 0 aliphatic carbocycles. The quantitative estimate of drug-likeness (QED) is 0.708. The van der Waals surface area contributed by atoms with Crippen LogP contribution in [0.2, 0.25) is 0 Å². The van der Waals surface area contributed by atoms with Gasteiger partial charge in [-0.2, -0.15) is 0 Å². The Morgan fingerprint density at radius 1 is 1.00 bits per heavy atom. The molecule has 0 bridgehead atoms. The normalized spacial score (nSPS) is 16.7. The van der Waals surface area contributed by atoms with Crippen LogP contribution in [0, 0.1) is 11.3 Å². The van der Waals surface area contributed by atoms with Crippen molar-refractivity contribution >= 4 is 32.4 Å². The first-order valence-electron chi connectivity index (χ1n) is 6.88. The fraction of sp³-hybridized carbons (Fsp3) is 0.412. The Hall–Kier alpha value is -1.02. The minimum atomic E-state index is 0.429. The lowest BCUT2D eigenvalue weighted by atomic mass is 9.76. The summed E-state index contributed by atoms with van der Waals surface area (Å²) in [5, 5.41) is 2.62. The lowest BCUT2D eigenvalue weighted by Crippen LogP contribution is -2.52. The SMILES string of the molecule is CC(C)(C)C1CN(c2ccc3cc(Br)ccc3c2)C1. The number of fused-ring (bicyclic) bond motifs is 1. The average Bonchev–Trinajstić information content (AvgIpc) is 2.25. The van der Waals surface area contributed by atoms with E-state index in [1.807, 2.05) is 0 Å². The highest BCUT2D eigenvalue weighted by Crippen LogP contribution is 2.37. The molecule has 0 radical (unpaired) electrons. The van der Waals surface area contributed by atoms with Gasteiger partial charge in [0.05, 0.1) is 0 Å².